The molecule has 2 fully saturated rings. The van der Waals surface area contributed by atoms with Crippen molar-refractivity contribution in [3.8, 4) is 0 Å². The van der Waals surface area contributed by atoms with Crippen LogP contribution in [0.4, 0.5) is 5.95 Å². The molecule has 0 aromatic carbocycles. The Morgan fingerprint density at radius 3 is 2.64 bits per heavy atom. The number of thiophene rings is 1. The largest absolute Gasteiger partial charge is 0.338 e. The van der Waals surface area contributed by atoms with Gasteiger partial charge in [-0.2, -0.15) is 0 Å². The van der Waals surface area contributed by atoms with Crippen LogP contribution in [0.25, 0.3) is 0 Å². The number of rotatable bonds is 4. The maximum absolute atomic E-state index is 12.8. The molecule has 1 amide bonds. The fourth-order valence-corrected chi connectivity index (χ4v) is 4.60. The molecule has 6 nitrogen and oxygen atoms in total. The number of likely N-dealkylation sites (tertiary alicyclic amines) is 1. The maximum atomic E-state index is 12.8. The molecule has 4 rings (SSSR count). The van der Waals surface area contributed by atoms with Gasteiger partial charge < -0.3 is 9.80 Å². The molecule has 2 aromatic rings. The molecule has 0 bridgehead atoms. The molecule has 2 aliphatic rings. The standard InChI is InChI=1S/C18H23N5OS/c24-17(14-23-8-1-4-15(23)16-5-2-13-25-16)21-9-11-22(12-10-21)18-19-6-3-7-20-18/h2-3,5-7,13,15H,1,4,8-12,14H2/t15-/m1/s1. The van der Waals surface area contributed by atoms with Gasteiger partial charge in [-0.1, -0.05) is 6.07 Å². The number of hydrogen-bond donors (Lipinski definition) is 0. The summed E-state index contributed by atoms with van der Waals surface area (Å²) in [7, 11) is 0. The zero-order valence-electron chi connectivity index (χ0n) is 14.3. The molecule has 4 heterocycles. The molecule has 0 N–H and O–H groups in total. The highest BCUT2D eigenvalue weighted by Gasteiger charge is 2.30. The first-order chi connectivity index (χ1) is 12.3. The van der Waals surface area contributed by atoms with E-state index in [1.807, 2.05) is 11.0 Å². The summed E-state index contributed by atoms with van der Waals surface area (Å²) in [5.74, 6) is 1.00. The van der Waals surface area contributed by atoms with Crippen molar-refractivity contribution in [2.45, 2.75) is 18.9 Å². The van der Waals surface area contributed by atoms with E-state index < -0.39 is 0 Å². The third-order valence-electron chi connectivity index (χ3n) is 5.04. The fourth-order valence-electron chi connectivity index (χ4n) is 3.70. The number of amides is 1. The van der Waals surface area contributed by atoms with Crippen molar-refractivity contribution in [3.05, 3.63) is 40.8 Å². The van der Waals surface area contributed by atoms with Gasteiger partial charge in [0.25, 0.3) is 0 Å². The van der Waals surface area contributed by atoms with Crippen LogP contribution in [0.15, 0.2) is 36.0 Å². The summed E-state index contributed by atoms with van der Waals surface area (Å²) in [4.78, 5) is 29.2. The summed E-state index contributed by atoms with van der Waals surface area (Å²) in [6.07, 6.45) is 5.86. The quantitative estimate of drug-likeness (QED) is 0.838. The molecule has 25 heavy (non-hydrogen) atoms. The first kappa shape index (κ1) is 16.5. The Balaban J connectivity index is 1.32. The lowest BCUT2D eigenvalue weighted by molar-refractivity contribution is -0.133. The average molecular weight is 357 g/mol. The molecule has 0 spiro atoms. The monoisotopic (exact) mass is 357 g/mol. The van der Waals surface area contributed by atoms with E-state index in [0.717, 1.165) is 45.1 Å². The van der Waals surface area contributed by atoms with Crippen molar-refractivity contribution in [1.82, 2.24) is 19.8 Å². The molecule has 1 atom stereocenters. The molecule has 0 saturated carbocycles. The molecular formula is C18H23N5OS. The summed E-state index contributed by atoms with van der Waals surface area (Å²) < 4.78 is 0. The van der Waals surface area contributed by atoms with E-state index in [9.17, 15) is 4.79 Å². The van der Waals surface area contributed by atoms with Crippen molar-refractivity contribution in [2.24, 2.45) is 0 Å². The third-order valence-corrected chi connectivity index (χ3v) is 6.01. The van der Waals surface area contributed by atoms with E-state index >= 15 is 0 Å². The van der Waals surface area contributed by atoms with Gasteiger partial charge >= 0.3 is 0 Å². The predicted octanol–water partition coefficient (Wildman–Crippen LogP) is 2.02. The molecule has 0 radical (unpaired) electrons. The highest BCUT2D eigenvalue weighted by Crippen LogP contribution is 2.34. The van der Waals surface area contributed by atoms with Crippen LogP contribution in [0, 0.1) is 0 Å². The molecule has 2 aromatic heterocycles. The van der Waals surface area contributed by atoms with Crippen LogP contribution in [0.3, 0.4) is 0 Å². The van der Waals surface area contributed by atoms with Gasteiger partial charge in [-0.05, 0) is 36.9 Å². The fraction of sp³-hybridized carbons (Fsp3) is 0.500. The normalized spacial score (nSPS) is 21.7. The highest BCUT2D eigenvalue weighted by molar-refractivity contribution is 7.10. The molecule has 0 aliphatic carbocycles. The minimum atomic E-state index is 0.247. The summed E-state index contributed by atoms with van der Waals surface area (Å²) in [6, 6.07) is 6.53. The van der Waals surface area contributed by atoms with Crippen LogP contribution >= 0.6 is 11.3 Å². The Bertz CT molecular complexity index is 685. The Morgan fingerprint density at radius 2 is 1.92 bits per heavy atom. The highest BCUT2D eigenvalue weighted by atomic mass is 32.1. The first-order valence-corrected chi connectivity index (χ1v) is 9.76. The van der Waals surface area contributed by atoms with Crippen molar-refractivity contribution in [1.29, 1.82) is 0 Å². The number of carbonyl (C=O) groups is 1. The van der Waals surface area contributed by atoms with Crippen molar-refractivity contribution in [2.75, 3.05) is 44.2 Å². The molecule has 7 heteroatoms. The molecule has 0 unspecified atom stereocenters. The topological polar surface area (TPSA) is 52.6 Å². The minimum absolute atomic E-state index is 0.247. The van der Waals surface area contributed by atoms with Crippen LogP contribution in [0.5, 0.6) is 0 Å². The Hall–Kier alpha value is -1.99. The SMILES string of the molecule is O=C(CN1CCC[C@@H]1c1cccs1)N1CCN(c2ncccn2)CC1. The average Bonchev–Trinajstić information content (AvgIpc) is 3.34. The van der Waals surface area contributed by atoms with Gasteiger partial charge in [0.15, 0.2) is 0 Å². The number of carbonyl (C=O) groups excluding carboxylic acids is 1. The van der Waals surface area contributed by atoms with E-state index in [2.05, 4.69) is 37.3 Å². The van der Waals surface area contributed by atoms with Crippen molar-refractivity contribution < 1.29 is 4.79 Å². The first-order valence-electron chi connectivity index (χ1n) is 8.88. The van der Waals surface area contributed by atoms with Gasteiger partial charge in [0.05, 0.1) is 6.54 Å². The smallest absolute Gasteiger partial charge is 0.236 e. The number of nitrogens with zero attached hydrogens (tertiary/aromatic N) is 5. The van der Waals surface area contributed by atoms with E-state index in [1.165, 1.54) is 11.3 Å². The lowest BCUT2D eigenvalue weighted by atomic mass is 10.2. The van der Waals surface area contributed by atoms with Crippen LogP contribution in [0.2, 0.25) is 0 Å². The molecule has 2 aliphatic heterocycles. The van der Waals surface area contributed by atoms with Gasteiger partial charge in [-0.3, -0.25) is 9.69 Å². The second kappa shape index (κ2) is 7.49. The van der Waals surface area contributed by atoms with Gasteiger partial charge in [-0.15, -0.1) is 11.3 Å². The lowest BCUT2D eigenvalue weighted by Gasteiger charge is -2.36. The van der Waals surface area contributed by atoms with Crippen molar-refractivity contribution in [3.63, 3.8) is 0 Å². The Kier molecular flexibility index (Phi) is 4.94. The zero-order valence-corrected chi connectivity index (χ0v) is 15.1. The Labute approximate surface area is 152 Å². The summed E-state index contributed by atoms with van der Waals surface area (Å²) in [5.41, 5.74) is 0. The minimum Gasteiger partial charge on any atom is -0.338 e. The van der Waals surface area contributed by atoms with Crippen LogP contribution in [-0.2, 0) is 4.79 Å². The van der Waals surface area contributed by atoms with E-state index in [1.54, 1.807) is 23.7 Å². The van der Waals surface area contributed by atoms with E-state index in [-0.39, 0.29) is 5.91 Å². The molecule has 132 valence electrons. The van der Waals surface area contributed by atoms with Gasteiger partial charge in [0, 0.05) is 49.5 Å². The zero-order chi connectivity index (χ0) is 17.1. The van der Waals surface area contributed by atoms with Crippen LogP contribution < -0.4 is 4.90 Å². The predicted molar refractivity (Wildman–Crippen MR) is 98.7 cm³/mol. The second-order valence-corrected chi connectivity index (χ2v) is 7.54. The van der Waals surface area contributed by atoms with E-state index in [0.29, 0.717) is 12.6 Å². The molecule has 2 saturated heterocycles. The second-order valence-electron chi connectivity index (χ2n) is 6.56. The number of hydrogen-bond acceptors (Lipinski definition) is 6. The van der Waals surface area contributed by atoms with Gasteiger partial charge in [-0.25, -0.2) is 9.97 Å². The van der Waals surface area contributed by atoms with E-state index in [4.69, 9.17) is 0 Å². The van der Waals surface area contributed by atoms with Gasteiger partial charge in [0.1, 0.15) is 0 Å². The third kappa shape index (κ3) is 3.67. The van der Waals surface area contributed by atoms with Crippen molar-refractivity contribution >= 4 is 23.2 Å². The lowest BCUT2D eigenvalue weighted by Crippen LogP contribution is -2.51. The summed E-state index contributed by atoms with van der Waals surface area (Å²) >= 11 is 1.80. The van der Waals surface area contributed by atoms with Crippen LogP contribution in [0.1, 0.15) is 23.8 Å². The number of anilines is 1. The summed E-state index contributed by atoms with van der Waals surface area (Å²) in [5, 5.41) is 2.12. The molecular weight excluding hydrogens is 334 g/mol. The van der Waals surface area contributed by atoms with Gasteiger partial charge in [0.2, 0.25) is 11.9 Å². The number of aromatic nitrogens is 2. The Morgan fingerprint density at radius 1 is 1.12 bits per heavy atom. The van der Waals surface area contributed by atoms with Crippen LogP contribution in [-0.4, -0.2) is 64.9 Å². The maximum Gasteiger partial charge on any atom is 0.236 e. The number of piperazine rings is 1. The summed E-state index contributed by atoms with van der Waals surface area (Å²) in [6.45, 7) is 4.63.